The maximum atomic E-state index is 10.6. The van der Waals surface area contributed by atoms with E-state index in [0.29, 0.717) is 5.82 Å². The molecule has 3 aromatic heterocycles. The molecule has 20 heavy (non-hydrogen) atoms. The maximum Gasteiger partial charge on any atom is 0.410 e. The number of carbonyl (C=O) groups is 1. The van der Waals surface area contributed by atoms with Crippen molar-refractivity contribution in [3.8, 4) is 11.3 Å². The third-order valence-corrected chi connectivity index (χ3v) is 2.95. The predicted molar refractivity (Wildman–Crippen MR) is 75.7 cm³/mol. The van der Waals surface area contributed by atoms with Gasteiger partial charge in [0.1, 0.15) is 5.82 Å². The highest BCUT2D eigenvalue weighted by Crippen LogP contribution is 2.25. The lowest BCUT2D eigenvalue weighted by Gasteiger charge is -1.99. The van der Waals surface area contributed by atoms with Crippen molar-refractivity contribution in [2.75, 3.05) is 5.32 Å². The number of aryl methyl sites for hydroxylation is 1. The number of amides is 1. The molecule has 6 heteroatoms. The first-order valence-electron chi connectivity index (χ1n) is 6.03. The van der Waals surface area contributed by atoms with Crippen molar-refractivity contribution >= 4 is 22.8 Å². The Labute approximate surface area is 114 Å². The average Bonchev–Trinajstić information content (AvgIpc) is 2.81. The number of hydrogen-bond donors (Lipinski definition) is 3. The zero-order valence-electron chi connectivity index (χ0n) is 10.7. The molecule has 0 aliphatic heterocycles. The van der Waals surface area contributed by atoms with Crippen molar-refractivity contribution in [3.05, 3.63) is 42.4 Å². The quantitative estimate of drug-likeness (QED) is 0.666. The van der Waals surface area contributed by atoms with Crippen LogP contribution in [-0.4, -0.2) is 26.2 Å². The fourth-order valence-electron chi connectivity index (χ4n) is 2.07. The Morgan fingerprint density at radius 1 is 1.30 bits per heavy atom. The fraction of sp³-hybridized carbons (Fsp3) is 0.0714. The van der Waals surface area contributed by atoms with Crippen LogP contribution in [0.15, 0.2) is 36.7 Å². The summed E-state index contributed by atoms with van der Waals surface area (Å²) < 4.78 is 0. The molecule has 0 spiro atoms. The van der Waals surface area contributed by atoms with Crippen molar-refractivity contribution in [1.82, 2.24) is 15.0 Å². The molecule has 0 saturated heterocycles. The third kappa shape index (κ3) is 2.31. The molecule has 0 fully saturated rings. The first kappa shape index (κ1) is 12.2. The summed E-state index contributed by atoms with van der Waals surface area (Å²) in [7, 11) is 0. The topological polar surface area (TPSA) is 90.9 Å². The lowest BCUT2D eigenvalue weighted by atomic mass is 10.2. The van der Waals surface area contributed by atoms with Crippen molar-refractivity contribution in [1.29, 1.82) is 0 Å². The van der Waals surface area contributed by atoms with Crippen LogP contribution >= 0.6 is 0 Å². The van der Waals surface area contributed by atoms with Crippen molar-refractivity contribution in [2.24, 2.45) is 0 Å². The molecule has 0 aliphatic rings. The number of carboxylic acid groups (broad SMARTS) is 1. The third-order valence-electron chi connectivity index (χ3n) is 2.95. The smallest absolute Gasteiger partial charge is 0.410 e. The van der Waals surface area contributed by atoms with E-state index in [1.807, 2.05) is 25.1 Å². The number of aromatic nitrogens is 3. The van der Waals surface area contributed by atoms with Gasteiger partial charge in [-0.1, -0.05) is 0 Å². The zero-order chi connectivity index (χ0) is 14.1. The van der Waals surface area contributed by atoms with Crippen LogP contribution in [0.2, 0.25) is 0 Å². The summed E-state index contributed by atoms with van der Waals surface area (Å²) in [4.78, 5) is 22.1. The molecule has 0 unspecified atom stereocenters. The molecule has 0 saturated carbocycles. The van der Waals surface area contributed by atoms with Gasteiger partial charge < -0.3 is 10.1 Å². The summed E-state index contributed by atoms with van der Waals surface area (Å²) in [5, 5.41) is 11.8. The predicted octanol–water partition coefficient (Wildman–Crippen LogP) is 3.02. The summed E-state index contributed by atoms with van der Waals surface area (Å²) in [6.07, 6.45) is 2.26. The highest BCUT2D eigenvalue weighted by atomic mass is 16.4. The van der Waals surface area contributed by atoms with Crippen LogP contribution in [-0.2, 0) is 0 Å². The summed E-state index contributed by atoms with van der Waals surface area (Å²) >= 11 is 0. The highest BCUT2D eigenvalue weighted by molar-refractivity contribution is 5.89. The van der Waals surface area contributed by atoms with Gasteiger partial charge in [-0.3, -0.25) is 10.3 Å². The molecule has 0 radical (unpaired) electrons. The molecular weight excluding hydrogens is 256 g/mol. The number of H-pyrrole nitrogens is 1. The Morgan fingerprint density at radius 2 is 2.15 bits per heavy atom. The Hall–Kier alpha value is -2.89. The van der Waals surface area contributed by atoms with Gasteiger partial charge in [0.25, 0.3) is 0 Å². The molecular formula is C14H12N4O2. The minimum absolute atomic E-state index is 0.296. The lowest BCUT2D eigenvalue weighted by molar-refractivity contribution is 0.209. The number of nitrogens with zero attached hydrogens (tertiary/aromatic N) is 2. The highest BCUT2D eigenvalue weighted by Gasteiger charge is 2.06. The van der Waals surface area contributed by atoms with Crippen LogP contribution in [0, 0.1) is 6.92 Å². The van der Waals surface area contributed by atoms with Crippen LogP contribution in [0.5, 0.6) is 0 Å². The van der Waals surface area contributed by atoms with Crippen molar-refractivity contribution in [3.63, 3.8) is 0 Å². The van der Waals surface area contributed by atoms with Gasteiger partial charge in [0.05, 0.1) is 5.52 Å². The van der Waals surface area contributed by atoms with E-state index in [1.165, 1.54) is 0 Å². The van der Waals surface area contributed by atoms with Crippen molar-refractivity contribution < 1.29 is 9.90 Å². The van der Waals surface area contributed by atoms with Crippen molar-refractivity contribution in [2.45, 2.75) is 6.92 Å². The molecule has 3 N–H and O–H groups in total. The van der Waals surface area contributed by atoms with Gasteiger partial charge >= 0.3 is 6.09 Å². The second kappa shape index (κ2) is 4.65. The maximum absolute atomic E-state index is 10.6. The van der Waals surface area contributed by atoms with Crippen LogP contribution in [0.1, 0.15) is 5.69 Å². The number of aromatic amines is 1. The molecule has 3 heterocycles. The Kier molecular flexibility index (Phi) is 2.83. The minimum atomic E-state index is -1.13. The zero-order valence-corrected chi connectivity index (χ0v) is 10.7. The molecule has 0 atom stereocenters. The average molecular weight is 268 g/mol. The molecule has 6 nitrogen and oxygen atoms in total. The van der Waals surface area contributed by atoms with Gasteiger partial charge in [-0.15, -0.1) is 0 Å². The minimum Gasteiger partial charge on any atom is -0.465 e. The van der Waals surface area contributed by atoms with Gasteiger partial charge in [0, 0.05) is 40.8 Å². The van der Waals surface area contributed by atoms with Gasteiger partial charge in [-0.25, -0.2) is 9.78 Å². The fourth-order valence-corrected chi connectivity index (χ4v) is 2.07. The monoisotopic (exact) mass is 268 g/mol. The second-order valence-corrected chi connectivity index (χ2v) is 4.46. The molecule has 100 valence electrons. The van der Waals surface area contributed by atoms with Crippen LogP contribution < -0.4 is 5.32 Å². The first-order valence-corrected chi connectivity index (χ1v) is 6.03. The molecule has 3 aromatic rings. The van der Waals surface area contributed by atoms with Crippen LogP contribution in [0.4, 0.5) is 10.6 Å². The lowest BCUT2D eigenvalue weighted by Crippen LogP contribution is -2.08. The standard InChI is InChI=1S/C14H12N4O2/c1-8-4-9(2-3-15-8)11-5-10-7-16-13(18-14(19)20)6-12(10)17-11/h2-7,17H,1H3,(H,16,18)(H,19,20). The number of pyridine rings is 2. The molecule has 0 aliphatic carbocycles. The number of hydrogen-bond acceptors (Lipinski definition) is 3. The molecule has 0 bridgehead atoms. The Bertz CT molecular complexity index is 795. The molecule has 3 rings (SSSR count). The van der Waals surface area contributed by atoms with E-state index < -0.39 is 6.09 Å². The summed E-state index contributed by atoms with van der Waals surface area (Å²) in [5.74, 6) is 0.296. The van der Waals surface area contributed by atoms with E-state index in [1.54, 1.807) is 18.5 Å². The Morgan fingerprint density at radius 3 is 2.90 bits per heavy atom. The van der Waals surface area contributed by atoms with Crippen LogP contribution in [0.25, 0.3) is 22.2 Å². The number of anilines is 1. The van der Waals surface area contributed by atoms with Gasteiger partial charge in [0.2, 0.25) is 0 Å². The van der Waals surface area contributed by atoms with Gasteiger partial charge in [-0.2, -0.15) is 0 Å². The van der Waals surface area contributed by atoms with Gasteiger partial charge in [0.15, 0.2) is 0 Å². The second-order valence-electron chi connectivity index (χ2n) is 4.46. The Balaban J connectivity index is 2.04. The normalized spacial score (nSPS) is 10.7. The number of rotatable bonds is 2. The summed E-state index contributed by atoms with van der Waals surface area (Å²) in [6.45, 7) is 1.93. The summed E-state index contributed by atoms with van der Waals surface area (Å²) in [5.41, 5.74) is 3.74. The van der Waals surface area contributed by atoms with E-state index >= 15 is 0 Å². The van der Waals surface area contributed by atoms with E-state index in [9.17, 15) is 4.79 Å². The SMILES string of the molecule is Cc1cc(-c2cc3cnc(NC(=O)O)cc3[nH]2)ccn1. The molecule has 1 amide bonds. The van der Waals surface area contributed by atoms with Crippen LogP contribution in [0.3, 0.4) is 0 Å². The summed E-state index contributed by atoms with van der Waals surface area (Å²) in [6, 6.07) is 7.54. The van der Waals surface area contributed by atoms with E-state index in [0.717, 1.165) is 27.9 Å². The number of fused-ring (bicyclic) bond motifs is 1. The largest absolute Gasteiger partial charge is 0.465 e. The molecule has 0 aromatic carbocycles. The van der Waals surface area contributed by atoms with E-state index in [-0.39, 0.29) is 0 Å². The number of nitrogens with one attached hydrogen (secondary N) is 2. The first-order chi connectivity index (χ1) is 9.61. The van der Waals surface area contributed by atoms with E-state index in [2.05, 4.69) is 20.3 Å². The van der Waals surface area contributed by atoms with E-state index in [4.69, 9.17) is 5.11 Å². The van der Waals surface area contributed by atoms with Gasteiger partial charge in [-0.05, 0) is 25.1 Å².